The van der Waals surface area contributed by atoms with Crippen LogP contribution in [0.3, 0.4) is 0 Å². The number of rotatable bonds is 5. The van der Waals surface area contributed by atoms with Gasteiger partial charge in [-0.2, -0.15) is 0 Å². The van der Waals surface area contributed by atoms with Crippen LogP contribution < -0.4 is 5.73 Å². The fourth-order valence-electron chi connectivity index (χ4n) is 2.01. The first kappa shape index (κ1) is 13.1. The summed E-state index contributed by atoms with van der Waals surface area (Å²) in [6.45, 7) is 0. The molecule has 0 spiro atoms. The van der Waals surface area contributed by atoms with Crippen molar-refractivity contribution in [2.45, 2.75) is 19.3 Å². The molecule has 0 amide bonds. The summed E-state index contributed by atoms with van der Waals surface area (Å²) in [4.78, 5) is 11.9. The van der Waals surface area contributed by atoms with E-state index in [9.17, 15) is 9.90 Å². The van der Waals surface area contributed by atoms with Gasteiger partial charge in [0.2, 0.25) is 0 Å². The van der Waals surface area contributed by atoms with Crippen LogP contribution in [0.2, 0.25) is 0 Å². The largest absolute Gasteiger partial charge is 0.508 e. The molecule has 2 rings (SSSR count). The second-order valence-electron chi connectivity index (χ2n) is 4.63. The van der Waals surface area contributed by atoms with Crippen molar-refractivity contribution in [3.8, 4) is 5.75 Å². The maximum Gasteiger partial charge on any atom is 0.137 e. The summed E-state index contributed by atoms with van der Waals surface area (Å²) in [5.74, 6) is 0.356. The molecule has 0 aromatic heterocycles. The molecule has 2 aromatic carbocycles. The number of anilines is 1. The van der Waals surface area contributed by atoms with Gasteiger partial charge >= 0.3 is 0 Å². The molecule has 0 heterocycles. The minimum atomic E-state index is 0.160. The quantitative estimate of drug-likeness (QED) is 0.807. The Kier molecular flexibility index (Phi) is 4.18. The van der Waals surface area contributed by atoms with Gasteiger partial charge in [-0.05, 0) is 41.8 Å². The molecule has 0 fully saturated rings. The van der Waals surface area contributed by atoms with Crippen LogP contribution >= 0.6 is 0 Å². The van der Waals surface area contributed by atoms with Crippen molar-refractivity contribution < 1.29 is 9.90 Å². The van der Waals surface area contributed by atoms with Crippen molar-refractivity contribution in [2.75, 3.05) is 5.73 Å². The van der Waals surface area contributed by atoms with E-state index in [0.717, 1.165) is 16.8 Å². The number of aromatic hydroxyl groups is 1. The number of ketones is 1. The molecule has 98 valence electrons. The van der Waals surface area contributed by atoms with Crippen LogP contribution in [0.4, 0.5) is 5.69 Å². The number of aryl methyl sites for hydroxylation is 1. The molecule has 19 heavy (non-hydrogen) atoms. The maximum atomic E-state index is 11.9. The molecule has 0 saturated heterocycles. The topological polar surface area (TPSA) is 63.3 Å². The summed E-state index contributed by atoms with van der Waals surface area (Å²) in [6.07, 6.45) is 1.54. The van der Waals surface area contributed by atoms with E-state index in [2.05, 4.69) is 0 Å². The van der Waals surface area contributed by atoms with E-state index in [0.29, 0.717) is 19.3 Å². The van der Waals surface area contributed by atoms with Gasteiger partial charge in [0.15, 0.2) is 0 Å². The van der Waals surface area contributed by atoms with Gasteiger partial charge in [0, 0.05) is 18.5 Å². The number of phenolic OH excluding ortho intramolecular Hbond substituents is 1. The van der Waals surface area contributed by atoms with Crippen molar-refractivity contribution in [1.82, 2.24) is 0 Å². The van der Waals surface area contributed by atoms with E-state index < -0.39 is 0 Å². The molecule has 0 aliphatic carbocycles. The Morgan fingerprint density at radius 1 is 1.05 bits per heavy atom. The predicted octanol–water partition coefficient (Wildman–Crippen LogP) is 2.72. The standard InChI is InChI=1S/C16H17NO2/c17-14-5-1-3-12(9-14)7-8-16(19)11-13-4-2-6-15(18)10-13/h1-6,9-10,18H,7-8,11,17H2. The van der Waals surface area contributed by atoms with Crippen molar-refractivity contribution in [2.24, 2.45) is 0 Å². The fourth-order valence-corrected chi connectivity index (χ4v) is 2.01. The Hall–Kier alpha value is -2.29. The first-order valence-corrected chi connectivity index (χ1v) is 6.27. The summed E-state index contributed by atoms with van der Waals surface area (Å²) in [5, 5.41) is 9.34. The highest BCUT2D eigenvalue weighted by atomic mass is 16.3. The summed E-state index contributed by atoms with van der Waals surface area (Å²) in [7, 11) is 0. The van der Waals surface area contributed by atoms with E-state index in [1.165, 1.54) is 0 Å². The lowest BCUT2D eigenvalue weighted by atomic mass is 10.0. The van der Waals surface area contributed by atoms with E-state index in [1.807, 2.05) is 30.3 Å². The molecular formula is C16H17NO2. The van der Waals surface area contributed by atoms with Crippen LogP contribution in [0.1, 0.15) is 17.5 Å². The number of carbonyl (C=O) groups is 1. The van der Waals surface area contributed by atoms with Crippen LogP contribution in [0, 0.1) is 0 Å². The van der Waals surface area contributed by atoms with Gasteiger partial charge < -0.3 is 10.8 Å². The number of hydrogen-bond acceptors (Lipinski definition) is 3. The third-order valence-corrected chi connectivity index (χ3v) is 2.96. The van der Waals surface area contributed by atoms with Crippen LogP contribution in [-0.4, -0.2) is 10.9 Å². The van der Waals surface area contributed by atoms with Crippen LogP contribution in [0.25, 0.3) is 0 Å². The number of nitrogen functional groups attached to an aromatic ring is 1. The van der Waals surface area contributed by atoms with E-state index >= 15 is 0 Å². The second kappa shape index (κ2) is 6.05. The first-order chi connectivity index (χ1) is 9.13. The maximum absolute atomic E-state index is 11.9. The van der Waals surface area contributed by atoms with Gasteiger partial charge in [-0.1, -0.05) is 24.3 Å². The fraction of sp³-hybridized carbons (Fsp3) is 0.188. The van der Waals surface area contributed by atoms with Gasteiger partial charge in [-0.3, -0.25) is 4.79 Å². The molecular weight excluding hydrogens is 238 g/mol. The zero-order valence-electron chi connectivity index (χ0n) is 10.7. The Bertz CT molecular complexity index is 578. The molecule has 0 radical (unpaired) electrons. The Labute approximate surface area is 112 Å². The smallest absolute Gasteiger partial charge is 0.137 e. The third-order valence-electron chi connectivity index (χ3n) is 2.96. The third kappa shape index (κ3) is 4.14. The number of carbonyl (C=O) groups excluding carboxylic acids is 1. The second-order valence-corrected chi connectivity index (χ2v) is 4.63. The SMILES string of the molecule is Nc1cccc(CCC(=O)Cc2cccc(O)c2)c1. The van der Waals surface area contributed by atoms with Crippen molar-refractivity contribution in [1.29, 1.82) is 0 Å². The molecule has 0 unspecified atom stereocenters. The highest BCUT2D eigenvalue weighted by molar-refractivity contribution is 5.81. The molecule has 0 aliphatic rings. The number of phenols is 1. The van der Waals surface area contributed by atoms with Crippen LogP contribution in [0.15, 0.2) is 48.5 Å². The number of Topliss-reactive ketones (excluding diaryl/α,β-unsaturated/α-hetero) is 1. The highest BCUT2D eigenvalue weighted by Crippen LogP contribution is 2.13. The lowest BCUT2D eigenvalue weighted by molar-refractivity contribution is -0.118. The zero-order valence-corrected chi connectivity index (χ0v) is 10.7. The van der Waals surface area contributed by atoms with Gasteiger partial charge in [0.05, 0.1) is 0 Å². The number of benzene rings is 2. The molecule has 0 saturated carbocycles. The number of nitrogens with two attached hydrogens (primary N) is 1. The molecule has 0 atom stereocenters. The monoisotopic (exact) mass is 255 g/mol. The normalized spacial score (nSPS) is 10.3. The van der Waals surface area contributed by atoms with Gasteiger partial charge in [-0.15, -0.1) is 0 Å². The predicted molar refractivity (Wildman–Crippen MR) is 76.0 cm³/mol. The lowest BCUT2D eigenvalue weighted by Crippen LogP contribution is -2.04. The van der Waals surface area contributed by atoms with Gasteiger partial charge in [-0.25, -0.2) is 0 Å². The summed E-state index contributed by atoms with van der Waals surface area (Å²) >= 11 is 0. The van der Waals surface area contributed by atoms with Crippen LogP contribution in [0.5, 0.6) is 5.75 Å². The first-order valence-electron chi connectivity index (χ1n) is 6.27. The summed E-state index contributed by atoms with van der Waals surface area (Å²) < 4.78 is 0. The molecule has 3 heteroatoms. The van der Waals surface area contributed by atoms with Gasteiger partial charge in [0.25, 0.3) is 0 Å². The minimum Gasteiger partial charge on any atom is -0.508 e. The van der Waals surface area contributed by atoms with Crippen LogP contribution in [-0.2, 0) is 17.6 Å². The van der Waals surface area contributed by atoms with E-state index in [-0.39, 0.29) is 11.5 Å². The molecule has 3 N–H and O–H groups in total. The molecule has 3 nitrogen and oxygen atoms in total. The zero-order chi connectivity index (χ0) is 13.7. The average Bonchev–Trinajstić information content (AvgIpc) is 2.36. The molecule has 0 aliphatic heterocycles. The van der Waals surface area contributed by atoms with Gasteiger partial charge in [0.1, 0.15) is 11.5 Å². The Morgan fingerprint density at radius 2 is 1.79 bits per heavy atom. The average molecular weight is 255 g/mol. The lowest BCUT2D eigenvalue weighted by Gasteiger charge is -2.03. The summed E-state index contributed by atoms with van der Waals surface area (Å²) in [6, 6.07) is 14.4. The number of hydrogen-bond donors (Lipinski definition) is 2. The van der Waals surface area contributed by atoms with Crippen molar-refractivity contribution >= 4 is 11.5 Å². The minimum absolute atomic E-state index is 0.160. The Morgan fingerprint density at radius 3 is 2.53 bits per heavy atom. The van der Waals surface area contributed by atoms with E-state index in [4.69, 9.17) is 5.73 Å². The Balaban J connectivity index is 1.88. The highest BCUT2D eigenvalue weighted by Gasteiger charge is 2.05. The molecule has 0 bridgehead atoms. The van der Waals surface area contributed by atoms with Crippen molar-refractivity contribution in [3.05, 3.63) is 59.7 Å². The van der Waals surface area contributed by atoms with Crippen molar-refractivity contribution in [3.63, 3.8) is 0 Å². The van der Waals surface area contributed by atoms with E-state index in [1.54, 1.807) is 18.2 Å². The summed E-state index contributed by atoms with van der Waals surface area (Å²) in [5.41, 5.74) is 8.33. The molecule has 2 aromatic rings.